The highest BCUT2D eigenvalue weighted by molar-refractivity contribution is 6.11. The van der Waals surface area contributed by atoms with Crippen LogP contribution in [0.2, 0.25) is 0 Å². The third-order valence-electron chi connectivity index (χ3n) is 6.71. The summed E-state index contributed by atoms with van der Waals surface area (Å²) in [6, 6.07) is 6.83. The number of methoxy groups -OCH3 is 1. The number of hydrogen-bond donors (Lipinski definition) is 0. The molecule has 30 heavy (non-hydrogen) atoms. The van der Waals surface area contributed by atoms with Gasteiger partial charge in [-0.3, -0.25) is 9.59 Å². The summed E-state index contributed by atoms with van der Waals surface area (Å²) in [5.74, 6) is -0.169. The molecule has 1 aliphatic carbocycles. The molecule has 160 valence electrons. The Labute approximate surface area is 175 Å². The Morgan fingerprint density at radius 1 is 1.23 bits per heavy atom. The molecule has 7 heteroatoms. The van der Waals surface area contributed by atoms with Gasteiger partial charge >= 0.3 is 0 Å². The molecule has 0 bridgehead atoms. The van der Waals surface area contributed by atoms with Crippen LogP contribution in [0.4, 0.5) is 4.39 Å². The molecule has 1 aromatic rings. The van der Waals surface area contributed by atoms with Gasteiger partial charge in [-0.15, -0.1) is 0 Å². The maximum absolute atomic E-state index is 14.1. The number of benzene rings is 1. The number of carbonyl (C=O) groups excluding carboxylic acids is 2. The lowest BCUT2D eigenvalue weighted by molar-refractivity contribution is -0.137. The lowest BCUT2D eigenvalue weighted by Gasteiger charge is -2.36. The molecule has 0 spiro atoms. The molecule has 0 radical (unpaired) electrons. The van der Waals surface area contributed by atoms with Gasteiger partial charge in [0.05, 0.1) is 30.7 Å². The SMILES string of the molecule is COc1cccc(C2C3=C(OC4CCC(F)CC4C3=O)C(=O)N2CC2CCCO2)c1. The van der Waals surface area contributed by atoms with E-state index in [9.17, 15) is 14.0 Å². The number of Topliss-reactive ketones (excluding diaryl/α,β-unsaturated/α-hetero) is 1. The molecule has 6 nitrogen and oxygen atoms in total. The summed E-state index contributed by atoms with van der Waals surface area (Å²) in [6.07, 6.45) is 1.34. The summed E-state index contributed by atoms with van der Waals surface area (Å²) in [7, 11) is 1.58. The fourth-order valence-corrected chi connectivity index (χ4v) is 5.22. The molecular weight excluding hydrogens is 389 g/mol. The van der Waals surface area contributed by atoms with Gasteiger partial charge in [-0.1, -0.05) is 12.1 Å². The highest BCUT2D eigenvalue weighted by Gasteiger charge is 2.53. The van der Waals surface area contributed by atoms with Crippen LogP contribution in [0.25, 0.3) is 0 Å². The van der Waals surface area contributed by atoms with Crippen molar-refractivity contribution in [1.82, 2.24) is 4.90 Å². The van der Waals surface area contributed by atoms with E-state index in [1.165, 1.54) is 0 Å². The van der Waals surface area contributed by atoms with Gasteiger partial charge in [0.1, 0.15) is 18.0 Å². The largest absolute Gasteiger partial charge is 0.497 e. The number of ether oxygens (including phenoxy) is 3. The third kappa shape index (κ3) is 3.20. The molecule has 1 aromatic carbocycles. The predicted molar refractivity (Wildman–Crippen MR) is 106 cm³/mol. The Morgan fingerprint density at radius 2 is 2.10 bits per heavy atom. The van der Waals surface area contributed by atoms with Crippen LogP contribution < -0.4 is 4.74 Å². The number of ketones is 1. The normalized spacial score (nSPS) is 33.4. The highest BCUT2D eigenvalue weighted by atomic mass is 19.1. The van der Waals surface area contributed by atoms with E-state index in [-0.39, 0.29) is 30.0 Å². The van der Waals surface area contributed by atoms with Gasteiger partial charge in [0.15, 0.2) is 11.5 Å². The summed E-state index contributed by atoms with van der Waals surface area (Å²) < 4.78 is 31.3. The van der Waals surface area contributed by atoms with Crippen LogP contribution in [0.5, 0.6) is 5.75 Å². The lowest BCUT2D eigenvalue weighted by atomic mass is 9.77. The van der Waals surface area contributed by atoms with E-state index in [4.69, 9.17) is 14.2 Å². The second-order valence-corrected chi connectivity index (χ2v) is 8.55. The molecule has 1 amide bonds. The van der Waals surface area contributed by atoms with E-state index in [1.807, 2.05) is 24.3 Å². The van der Waals surface area contributed by atoms with E-state index in [0.29, 0.717) is 37.3 Å². The summed E-state index contributed by atoms with van der Waals surface area (Å²) in [5.41, 5.74) is 1.15. The van der Waals surface area contributed by atoms with Gasteiger partial charge in [0.25, 0.3) is 5.91 Å². The summed E-state index contributed by atoms with van der Waals surface area (Å²) in [4.78, 5) is 28.6. The van der Waals surface area contributed by atoms with Crippen molar-refractivity contribution < 1.29 is 28.2 Å². The van der Waals surface area contributed by atoms with Crippen LogP contribution in [0.15, 0.2) is 35.6 Å². The number of amides is 1. The predicted octanol–water partition coefficient (Wildman–Crippen LogP) is 3.12. The number of carbonyl (C=O) groups is 2. The molecule has 1 saturated carbocycles. The molecule has 0 N–H and O–H groups in total. The van der Waals surface area contributed by atoms with Crippen molar-refractivity contribution in [2.24, 2.45) is 5.92 Å². The second kappa shape index (κ2) is 7.69. The van der Waals surface area contributed by atoms with E-state index in [0.717, 1.165) is 18.4 Å². The number of hydrogen-bond acceptors (Lipinski definition) is 5. The van der Waals surface area contributed by atoms with Crippen LogP contribution in [0, 0.1) is 5.92 Å². The van der Waals surface area contributed by atoms with Crippen molar-refractivity contribution in [3.63, 3.8) is 0 Å². The van der Waals surface area contributed by atoms with Crippen molar-refractivity contribution in [1.29, 1.82) is 0 Å². The van der Waals surface area contributed by atoms with E-state index >= 15 is 0 Å². The van der Waals surface area contributed by atoms with Gasteiger partial charge in [-0.05, 0) is 49.8 Å². The van der Waals surface area contributed by atoms with Crippen LogP contribution in [-0.2, 0) is 19.1 Å². The first kappa shape index (κ1) is 19.5. The average molecular weight is 415 g/mol. The van der Waals surface area contributed by atoms with Crippen LogP contribution in [0.1, 0.15) is 43.7 Å². The first-order chi connectivity index (χ1) is 14.6. The molecule has 3 aliphatic heterocycles. The van der Waals surface area contributed by atoms with Crippen LogP contribution >= 0.6 is 0 Å². The monoisotopic (exact) mass is 415 g/mol. The number of fused-ring (bicyclic) bond motifs is 1. The van der Waals surface area contributed by atoms with Crippen molar-refractivity contribution in [3.05, 3.63) is 41.2 Å². The Morgan fingerprint density at radius 3 is 2.87 bits per heavy atom. The Kier molecular flexibility index (Phi) is 5.01. The summed E-state index contributed by atoms with van der Waals surface area (Å²) >= 11 is 0. The lowest BCUT2D eigenvalue weighted by Crippen LogP contribution is -2.42. The summed E-state index contributed by atoms with van der Waals surface area (Å²) in [5, 5.41) is 0. The van der Waals surface area contributed by atoms with E-state index < -0.39 is 24.2 Å². The van der Waals surface area contributed by atoms with Crippen LogP contribution in [-0.4, -0.2) is 55.2 Å². The van der Waals surface area contributed by atoms with E-state index in [2.05, 4.69) is 0 Å². The van der Waals surface area contributed by atoms with E-state index in [1.54, 1.807) is 12.0 Å². The number of alkyl halides is 1. The minimum Gasteiger partial charge on any atom is -0.497 e. The minimum atomic E-state index is -1.00. The molecule has 5 rings (SSSR count). The zero-order chi connectivity index (χ0) is 20.8. The van der Waals surface area contributed by atoms with Gasteiger partial charge in [0.2, 0.25) is 0 Å². The van der Waals surface area contributed by atoms with Gasteiger partial charge in [-0.2, -0.15) is 0 Å². The first-order valence-electron chi connectivity index (χ1n) is 10.7. The van der Waals surface area contributed by atoms with Gasteiger partial charge < -0.3 is 19.1 Å². The quantitative estimate of drug-likeness (QED) is 0.756. The Bertz CT molecular complexity index is 893. The number of nitrogens with zero attached hydrogens (tertiary/aromatic N) is 1. The number of halogens is 1. The zero-order valence-corrected chi connectivity index (χ0v) is 17.0. The molecule has 0 aromatic heterocycles. The smallest absolute Gasteiger partial charge is 0.290 e. The second-order valence-electron chi connectivity index (χ2n) is 8.55. The first-order valence-corrected chi connectivity index (χ1v) is 10.7. The maximum Gasteiger partial charge on any atom is 0.290 e. The fourth-order valence-electron chi connectivity index (χ4n) is 5.22. The van der Waals surface area contributed by atoms with Crippen molar-refractivity contribution in [2.45, 2.75) is 56.5 Å². The molecule has 3 heterocycles. The van der Waals surface area contributed by atoms with Crippen molar-refractivity contribution in [3.8, 4) is 5.75 Å². The standard InChI is InChI=1S/C23H26FNO5/c1-28-15-5-2-4-13(10-15)20-19-21(26)17-11-14(24)7-8-18(17)30-22(19)23(27)25(20)12-16-6-3-9-29-16/h2,4-5,10,14,16-18,20H,3,6-9,11-12H2,1H3. The van der Waals surface area contributed by atoms with Gasteiger partial charge in [-0.25, -0.2) is 4.39 Å². The molecular formula is C23H26FNO5. The minimum absolute atomic E-state index is 0.0592. The zero-order valence-electron chi connectivity index (χ0n) is 17.0. The average Bonchev–Trinajstić information content (AvgIpc) is 3.36. The third-order valence-corrected chi connectivity index (χ3v) is 6.71. The van der Waals surface area contributed by atoms with Crippen molar-refractivity contribution in [2.75, 3.05) is 20.3 Å². The van der Waals surface area contributed by atoms with Gasteiger partial charge in [0, 0.05) is 13.2 Å². The molecule has 5 atom stereocenters. The number of rotatable bonds is 4. The maximum atomic E-state index is 14.1. The fraction of sp³-hybridized carbons (Fsp3) is 0.565. The van der Waals surface area contributed by atoms with Crippen molar-refractivity contribution >= 4 is 11.7 Å². The molecule has 5 unspecified atom stereocenters. The molecule has 1 saturated heterocycles. The molecule has 2 fully saturated rings. The highest BCUT2D eigenvalue weighted by Crippen LogP contribution is 2.47. The molecule has 4 aliphatic rings. The topological polar surface area (TPSA) is 65.1 Å². The Hall–Kier alpha value is -2.41. The Balaban J connectivity index is 1.55. The van der Waals surface area contributed by atoms with Crippen LogP contribution in [0.3, 0.4) is 0 Å². The summed E-state index contributed by atoms with van der Waals surface area (Å²) in [6.45, 7) is 1.08.